The van der Waals surface area contributed by atoms with Gasteiger partial charge in [0.25, 0.3) is 0 Å². The minimum atomic E-state index is -3.53. The fraction of sp³-hybridized carbons (Fsp3) is 0.250. The molecule has 2 aromatic carbocycles. The zero-order chi connectivity index (χ0) is 16.2. The standard InChI is InChI=1S/C16H18BrNO3S/c1-3-21-16-7-5-4-6-13(16)12-18(2)22(19,20)15-10-8-14(17)9-11-15/h4-11H,3,12H2,1-2H3. The van der Waals surface area contributed by atoms with Crippen LogP contribution in [-0.4, -0.2) is 26.4 Å². The summed E-state index contributed by atoms with van der Waals surface area (Å²) in [6.07, 6.45) is 0. The van der Waals surface area contributed by atoms with Crippen LogP contribution in [0.5, 0.6) is 5.75 Å². The van der Waals surface area contributed by atoms with Crippen LogP contribution in [0.1, 0.15) is 12.5 Å². The number of para-hydroxylation sites is 1. The molecule has 0 radical (unpaired) electrons. The van der Waals surface area contributed by atoms with E-state index in [1.165, 1.54) is 4.31 Å². The van der Waals surface area contributed by atoms with Gasteiger partial charge in [0.2, 0.25) is 10.0 Å². The van der Waals surface area contributed by atoms with Gasteiger partial charge in [-0.15, -0.1) is 0 Å². The highest BCUT2D eigenvalue weighted by atomic mass is 79.9. The Hall–Kier alpha value is -1.37. The van der Waals surface area contributed by atoms with Gasteiger partial charge in [0.15, 0.2) is 0 Å². The molecule has 0 aliphatic carbocycles. The van der Waals surface area contributed by atoms with E-state index in [0.29, 0.717) is 12.4 Å². The molecule has 0 spiro atoms. The average Bonchev–Trinajstić information content (AvgIpc) is 2.50. The Morgan fingerprint density at radius 3 is 2.36 bits per heavy atom. The lowest BCUT2D eigenvalue weighted by atomic mass is 10.2. The molecule has 4 nitrogen and oxygen atoms in total. The number of sulfonamides is 1. The molecule has 0 aliphatic heterocycles. The van der Waals surface area contributed by atoms with Crippen molar-refractivity contribution in [2.45, 2.75) is 18.4 Å². The average molecular weight is 384 g/mol. The second-order valence-corrected chi connectivity index (χ2v) is 7.72. The Morgan fingerprint density at radius 2 is 1.73 bits per heavy atom. The van der Waals surface area contributed by atoms with Gasteiger partial charge in [-0.05, 0) is 37.3 Å². The molecule has 0 amide bonds. The molecule has 0 saturated heterocycles. The monoisotopic (exact) mass is 383 g/mol. The van der Waals surface area contributed by atoms with Gasteiger partial charge in [0, 0.05) is 23.6 Å². The maximum atomic E-state index is 12.6. The number of ether oxygens (including phenoxy) is 1. The number of hydrogen-bond donors (Lipinski definition) is 0. The summed E-state index contributed by atoms with van der Waals surface area (Å²) in [5.74, 6) is 0.711. The van der Waals surface area contributed by atoms with E-state index in [4.69, 9.17) is 4.74 Å². The molecule has 6 heteroatoms. The summed E-state index contributed by atoms with van der Waals surface area (Å²) in [6.45, 7) is 2.70. The van der Waals surface area contributed by atoms with Crippen LogP contribution >= 0.6 is 15.9 Å². The zero-order valence-corrected chi connectivity index (χ0v) is 14.9. The number of rotatable bonds is 6. The largest absolute Gasteiger partial charge is 0.494 e. The lowest BCUT2D eigenvalue weighted by molar-refractivity contribution is 0.332. The lowest BCUT2D eigenvalue weighted by Gasteiger charge is -2.19. The van der Waals surface area contributed by atoms with E-state index in [-0.39, 0.29) is 11.4 Å². The van der Waals surface area contributed by atoms with Gasteiger partial charge in [-0.1, -0.05) is 34.1 Å². The van der Waals surface area contributed by atoms with Gasteiger partial charge >= 0.3 is 0 Å². The predicted molar refractivity (Wildman–Crippen MR) is 90.4 cm³/mol. The number of nitrogens with zero attached hydrogens (tertiary/aromatic N) is 1. The van der Waals surface area contributed by atoms with E-state index in [2.05, 4.69) is 15.9 Å². The normalized spacial score (nSPS) is 11.6. The van der Waals surface area contributed by atoms with Crippen molar-refractivity contribution in [3.8, 4) is 5.75 Å². The molecule has 0 aromatic heterocycles. The first-order valence-corrected chi connectivity index (χ1v) is 9.11. The van der Waals surface area contributed by atoms with Crippen LogP contribution in [0.4, 0.5) is 0 Å². The molecule has 0 heterocycles. The third-order valence-electron chi connectivity index (χ3n) is 3.19. The van der Waals surface area contributed by atoms with Crippen molar-refractivity contribution < 1.29 is 13.2 Å². The van der Waals surface area contributed by atoms with Crippen molar-refractivity contribution in [2.24, 2.45) is 0 Å². The molecule has 0 saturated carbocycles. The summed E-state index contributed by atoms with van der Waals surface area (Å²) in [7, 11) is -1.96. The van der Waals surface area contributed by atoms with E-state index in [1.807, 2.05) is 31.2 Å². The van der Waals surface area contributed by atoms with E-state index < -0.39 is 10.0 Å². The van der Waals surface area contributed by atoms with Crippen LogP contribution in [0.3, 0.4) is 0 Å². The summed E-state index contributed by atoms with van der Waals surface area (Å²) in [4.78, 5) is 0.270. The highest BCUT2D eigenvalue weighted by Gasteiger charge is 2.21. The number of halogens is 1. The minimum Gasteiger partial charge on any atom is -0.494 e. The van der Waals surface area contributed by atoms with Gasteiger partial charge in [-0.2, -0.15) is 4.31 Å². The van der Waals surface area contributed by atoms with Crippen molar-refractivity contribution in [1.82, 2.24) is 4.31 Å². The Bertz CT molecular complexity index is 729. The Labute approximate surface area is 139 Å². The summed E-state index contributed by atoms with van der Waals surface area (Å²) < 4.78 is 32.9. The lowest BCUT2D eigenvalue weighted by Crippen LogP contribution is -2.26. The molecule has 0 bridgehead atoms. The molecular weight excluding hydrogens is 366 g/mol. The zero-order valence-electron chi connectivity index (χ0n) is 12.5. The van der Waals surface area contributed by atoms with Crippen LogP contribution in [0.2, 0.25) is 0 Å². The van der Waals surface area contributed by atoms with Gasteiger partial charge in [-0.25, -0.2) is 8.42 Å². The Kier molecular flexibility index (Phi) is 5.61. The second kappa shape index (κ2) is 7.26. The topological polar surface area (TPSA) is 46.6 Å². The van der Waals surface area contributed by atoms with E-state index >= 15 is 0 Å². The van der Waals surface area contributed by atoms with Crippen LogP contribution in [0.25, 0.3) is 0 Å². The number of benzene rings is 2. The van der Waals surface area contributed by atoms with Crippen LogP contribution in [0, 0.1) is 0 Å². The first kappa shape index (κ1) is 17.0. The predicted octanol–water partition coefficient (Wildman–Crippen LogP) is 3.67. The fourth-order valence-corrected chi connectivity index (χ4v) is 3.46. The third-order valence-corrected chi connectivity index (χ3v) is 5.53. The Balaban J connectivity index is 2.24. The molecule has 0 unspecified atom stereocenters. The highest BCUT2D eigenvalue weighted by Crippen LogP contribution is 2.23. The third kappa shape index (κ3) is 3.88. The quantitative estimate of drug-likeness (QED) is 0.764. The van der Waals surface area contributed by atoms with Gasteiger partial charge in [-0.3, -0.25) is 0 Å². The summed E-state index contributed by atoms with van der Waals surface area (Å²) in [6, 6.07) is 14.1. The minimum absolute atomic E-state index is 0.259. The molecule has 2 rings (SSSR count). The number of hydrogen-bond acceptors (Lipinski definition) is 3. The van der Waals surface area contributed by atoms with Crippen LogP contribution < -0.4 is 4.74 Å². The summed E-state index contributed by atoms with van der Waals surface area (Å²) in [5, 5.41) is 0. The van der Waals surface area contributed by atoms with Crippen molar-refractivity contribution in [3.05, 3.63) is 58.6 Å². The first-order chi connectivity index (χ1) is 10.4. The summed E-state index contributed by atoms with van der Waals surface area (Å²) in [5.41, 5.74) is 0.840. The van der Waals surface area contributed by atoms with Crippen molar-refractivity contribution in [1.29, 1.82) is 0 Å². The first-order valence-electron chi connectivity index (χ1n) is 6.87. The van der Waals surface area contributed by atoms with Crippen LogP contribution in [-0.2, 0) is 16.6 Å². The summed E-state index contributed by atoms with van der Waals surface area (Å²) >= 11 is 3.30. The van der Waals surface area contributed by atoms with Gasteiger partial charge < -0.3 is 4.74 Å². The van der Waals surface area contributed by atoms with Gasteiger partial charge in [0.1, 0.15) is 5.75 Å². The molecular formula is C16H18BrNO3S. The van der Waals surface area contributed by atoms with Crippen molar-refractivity contribution >= 4 is 26.0 Å². The SMILES string of the molecule is CCOc1ccccc1CN(C)S(=O)(=O)c1ccc(Br)cc1. The molecule has 22 heavy (non-hydrogen) atoms. The van der Waals surface area contributed by atoms with E-state index in [1.54, 1.807) is 31.3 Å². The maximum Gasteiger partial charge on any atom is 0.243 e. The van der Waals surface area contributed by atoms with Gasteiger partial charge in [0.05, 0.1) is 11.5 Å². The van der Waals surface area contributed by atoms with Crippen molar-refractivity contribution in [2.75, 3.05) is 13.7 Å². The maximum absolute atomic E-state index is 12.6. The Morgan fingerprint density at radius 1 is 1.09 bits per heavy atom. The second-order valence-electron chi connectivity index (χ2n) is 4.76. The molecule has 0 atom stereocenters. The van der Waals surface area contributed by atoms with Crippen molar-refractivity contribution in [3.63, 3.8) is 0 Å². The molecule has 0 aliphatic rings. The molecule has 0 N–H and O–H groups in total. The highest BCUT2D eigenvalue weighted by molar-refractivity contribution is 9.10. The molecule has 0 fully saturated rings. The van der Waals surface area contributed by atoms with E-state index in [9.17, 15) is 8.42 Å². The smallest absolute Gasteiger partial charge is 0.243 e. The molecule has 118 valence electrons. The van der Waals surface area contributed by atoms with E-state index in [0.717, 1.165) is 10.0 Å². The van der Waals surface area contributed by atoms with Crippen LogP contribution in [0.15, 0.2) is 57.9 Å². The fourth-order valence-electron chi connectivity index (χ4n) is 2.04. The molecule has 2 aromatic rings.